The number of rotatable bonds is 10. The van der Waals surface area contributed by atoms with Crippen LogP contribution in [0.1, 0.15) is 74.2 Å². The normalized spacial score (nSPS) is 29.2. The second-order valence-electron chi connectivity index (χ2n) is 11.2. The number of hydrogen-bond acceptors (Lipinski definition) is 6. The van der Waals surface area contributed by atoms with Gasteiger partial charge in [-0.1, -0.05) is 6.58 Å². The number of nitriles is 1. The number of hydrogen-bond donors (Lipinski definition) is 3. The smallest absolute Gasteiger partial charge is 0.309 e. The number of fused-ring (bicyclic) bond motifs is 2. The van der Waals surface area contributed by atoms with Crippen molar-refractivity contribution < 1.29 is 33.4 Å². The summed E-state index contributed by atoms with van der Waals surface area (Å²) in [5, 5.41) is 25.0. The summed E-state index contributed by atoms with van der Waals surface area (Å²) in [6.07, 6.45) is 4.30. The van der Waals surface area contributed by atoms with E-state index >= 15 is 0 Å². The van der Waals surface area contributed by atoms with E-state index in [9.17, 15) is 29.1 Å². The van der Waals surface area contributed by atoms with Crippen LogP contribution in [0.3, 0.4) is 0 Å². The number of carbonyl (C=O) groups excluding carboxylic acids is 2. The highest BCUT2D eigenvalue weighted by Crippen LogP contribution is 2.49. The van der Waals surface area contributed by atoms with Gasteiger partial charge in [0.15, 0.2) is 0 Å². The number of allylic oxidation sites excluding steroid dienone is 1. The molecule has 3 aliphatic rings. The van der Waals surface area contributed by atoms with Crippen LogP contribution >= 0.6 is 0 Å². The van der Waals surface area contributed by atoms with Gasteiger partial charge < -0.3 is 25.2 Å². The number of halogens is 1. The summed E-state index contributed by atoms with van der Waals surface area (Å²) in [6, 6.07) is 4.64. The van der Waals surface area contributed by atoms with Gasteiger partial charge in [-0.15, -0.1) is 0 Å². The van der Waals surface area contributed by atoms with E-state index in [-0.39, 0.29) is 52.9 Å². The SMILES string of the molecule is C=C(CCF)NC(=O)[C@H]1C2CC[C@@H](C2)C1NC(=O)c1cc(OC2CCC(C)(C(=O)O)CC2)c(C#N)cc1OC. The molecule has 1 aromatic rings. The number of carboxylic acids is 1. The second-order valence-corrected chi connectivity index (χ2v) is 11.2. The summed E-state index contributed by atoms with van der Waals surface area (Å²) >= 11 is 0. The molecule has 39 heavy (non-hydrogen) atoms. The zero-order valence-corrected chi connectivity index (χ0v) is 22.4. The molecule has 0 saturated heterocycles. The molecular formula is C29H36FN3O6. The molecule has 3 N–H and O–H groups in total. The number of nitrogens with zero attached hydrogens (tertiary/aromatic N) is 1. The van der Waals surface area contributed by atoms with E-state index in [0.29, 0.717) is 31.4 Å². The zero-order chi connectivity index (χ0) is 28.3. The summed E-state index contributed by atoms with van der Waals surface area (Å²) in [6.45, 7) is 4.83. The van der Waals surface area contributed by atoms with Gasteiger partial charge in [0.25, 0.3) is 5.91 Å². The van der Waals surface area contributed by atoms with Gasteiger partial charge in [-0.05, 0) is 69.8 Å². The number of nitrogens with one attached hydrogen (secondary N) is 2. The summed E-state index contributed by atoms with van der Waals surface area (Å²) < 4.78 is 24.3. The van der Waals surface area contributed by atoms with Crippen LogP contribution in [0.5, 0.6) is 11.5 Å². The average Bonchev–Trinajstić information content (AvgIpc) is 3.51. The third-order valence-electron chi connectivity index (χ3n) is 8.73. The van der Waals surface area contributed by atoms with Crippen molar-refractivity contribution >= 4 is 17.8 Å². The first-order valence-corrected chi connectivity index (χ1v) is 13.5. The summed E-state index contributed by atoms with van der Waals surface area (Å²) in [5.74, 6) is -1.26. The van der Waals surface area contributed by atoms with Gasteiger partial charge >= 0.3 is 5.97 Å². The van der Waals surface area contributed by atoms with E-state index in [4.69, 9.17) is 9.47 Å². The molecule has 9 nitrogen and oxygen atoms in total. The van der Waals surface area contributed by atoms with Gasteiger partial charge in [0, 0.05) is 24.2 Å². The summed E-state index contributed by atoms with van der Waals surface area (Å²) in [4.78, 5) is 38.2. The van der Waals surface area contributed by atoms with Crippen molar-refractivity contribution in [2.75, 3.05) is 13.8 Å². The lowest BCUT2D eigenvalue weighted by Crippen LogP contribution is -2.49. The van der Waals surface area contributed by atoms with Crippen LogP contribution in [0, 0.1) is 34.5 Å². The first kappa shape index (κ1) is 28.4. The first-order valence-electron chi connectivity index (χ1n) is 13.5. The molecule has 1 aromatic carbocycles. The summed E-state index contributed by atoms with van der Waals surface area (Å²) in [5.41, 5.74) is -0.0952. The zero-order valence-electron chi connectivity index (χ0n) is 22.4. The fourth-order valence-electron chi connectivity index (χ4n) is 6.37. The lowest BCUT2D eigenvalue weighted by molar-refractivity contribution is -0.150. The fraction of sp³-hybridized carbons (Fsp3) is 0.586. The predicted molar refractivity (Wildman–Crippen MR) is 140 cm³/mol. The molecule has 3 aliphatic carbocycles. The molecule has 2 bridgehead atoms. The third-order valence-corrected chi connectivity index (χ3v) is 8.73. The van der Waals surface area contributed by atoms with Crippen LogP contribution in [0.4, 0.5) is 4.39 Å². The Morgan fingerprint density at radius 2 is 1.87 bits per heavy atom. The summed E-state index contributed by atoms with van der Waals surface area (Å²) in [7, 11) is 1.41. The van der Waals surface area contributed by atoms with E-state index in [2.05, 4.69) is 23.3 Å². The number of amides is 2. The Kier molecular flexibility index (Phi) is 8.48. The molecule has 3 saturated carbocycles. The van der Waals surface area contributed by atoms with Crippen molar-refractivity contribution in [3.05, 3.63) is 35.5 Å². The molecule has 0 aromatic heterocycles. The topological polar surface area (TPSA) is 138 Å². The van der Waals surface area contributed by atoms with Gasteiger partial charge in [0.05, 0.1) is 42.3 Å². The Morgan fingerprint density at radius 3 is 2.49 bits per heavy atom. The molecule has 210 valence electrons. The number of alkyl halides is 1. The highest BCUT2D eigenvalue weighted by atomic mass is 19.1. The van der Waals surface area contributed by atoms with Crippen molar-refractivity contribution in [2.45, 2.75) is 70.4 Å². The quantitative estimate of drug-likeness (QED) is 0.405. The number of aliphatic carboxylic acids is 1. The molecule has 2 unspecified atom stereocenters. The molecule has 0 radical (unpaired) electrons. The maximum Gasteiger partial charge on any atom is 0.309 e. The monoisotopic (exact) mass is 541 g/mol. The van der Waals surface area contributed by atoms with Crippen LogP contribution in [0.15, 0.2) is 24.4 Å². The van der Waals surface area contributed by atoms with Gasteiger partial charge in [0.2, 0.25) is 5.91 Å². The number of methoxy groups -OCH3 is 1. The number of carboxylic acid groups (broad SMARTS) is 1. The van der Waals surface area contributed by atoms with Gasteiger partial charge in [0.1, 0.15) is 17.6 Å². The van der Waals surface area contributed by atoms with Crippen molar-refractivity contribution in [3.63, 3.8) is 0 Å². The average molecular weight is 542 g/mol. The molecule has 2 amide bonds. The minimum absolute atomic E-state index is 0.0470. The van der Waals surface area contributed by atoms with E-state index in [1.54, 1.807) is 6.92 Å². The lowest BCUT2D eigenvalue weighted by atomic mass is 9.75. The Hall–Kier alpha value is -3.61. The number of ether oxygens (including phenoxy) is 2. The van der Waals surface area contributed by atoms with Gasteiger partial charge in [-0.2, -0.15) is 5.26 Å². The lowest BCUT2D eigenvalue weighted by Gasteiger charge is -2.34. The van der Waals surface area contributed by atoms with Crippen molar-refractivity contribution in [2.24, 2.45) is 23.2 Å². The van der Waals surface area contributed by atoms with E-state index in [1.165, 1.54) is 19.2 Å². The van der Waals surface area contributed by atoms with Crippen LogP contribution in [-0.4, -0.2) is 48.8 Å². The van der Waals surface area contributed by atoms with Gasteiger partial charge in [-0.3, -0.25) is 18.8 Å². The van der Waals surface area contributed by atoms with E-state index in [1.807, 2.05) is 0 Å². The van der Waals surface area contributed by atoms with Crippen LogP contribution in [-0.2, 0) is 9.59 Å². The number of benzene rings is 1. The Morgan fingerprint density at radius 1 is 1.18 bits per heavy atom. The van der Waals surface area contributed by atoms with E-state index < -0.39 is 35.9 Å². The maximum atomic E-state index is 13.6. The minimum Gasteiger partial charge on any atom is -0.496 e. The highest BCUT2D eigenvalue weighted by Gasteiger charge is 2.51. The standard InChI is InChI=1S/C29H36FN3O6/c1-16(8-11-30)32-27(35)24-17-4-5-18(12-17)25(24)33-26(34)21-14-22(19(15-31)13-23(21)38-3)39-20-6-9-29(2,10-7-20)28(36)37/h13-14,17-18,20,24-25H,1,4-12H2,2-3H3,(H,32,35)(H,33,34)(H,36,37)/t17?,18-,20?,24-,25?,29?/m0/s1. The first-order chi connectivity index (χ1) is 18.6. The van der Waals surface area contributed by atoms with Crippen molar-refractivity contribution in [3.8, 4) is 17.6 Å². The molecule has 10 heteroatoms. The fourth-order valence-corrected chi connectivity index (χ4v) is 6.37. The van der Waals surface area contributed by atoms with Crippen LogP contribution in [0.25, 0.3) is 0 Å². The molecule has 3 fully saturated rings. The second kappa shape index (κ2) is 11.6. The Balaban J connectivity index is 1.52. The Bertz CT molecular complexity index is 1190. The van der Waals surface area contributed by atoms with Crippen LogP contribution < -0.4 is 20.1 Å². The van der Waals surface area contributed by atoms with Crippen LogP contribution in [0.2, 0.25) is 0 Å². The van der Waals surface area contributed by atoms with Gasteiger partial charge in [-0.25, -0.2) is 0 Å². The minimum atomic E-state index is -0.832. The molecule has 4 rings (SSSR count). The maximum absolute atomic E-state index is 13.6. The molecule has 4 atom stereocenters. The highest BCUT2D eigenvalue weighted by molar-refractivity contribution is 5.98. The molecule has 0 heterocycles. The predicted octanol–water partition coefficient (Wildman–Crippen LogP) is 4.11. The Labute approximate surface area is 227 Å². The van der Waals surface area contributed by atoms with E-state index in [0.717, 1.165) is 19.3 Å². The third kappa shape index (κ3) is 5.87. The molecule has 0 aliphatic heterocycles. The largest absolute Gasteiger partial charge is 0.496 e. The number of carbonyl (C=O) groups is 3. The van der Waals surface area contributed by atoms with Crippen molar-refractivity contribution in [1.82, 2.24) is 10.6 Å². The molecule has 0 spiro atoms. The molecular weight excluding hydrogens is 505 g/mol. The van der Waals surface area contributed by atoms with Crippen molar-refractivity contribution in [1.29, 1.82) is 5.26 Å².